The summed E-state index contributed by atoms with van der Waals surface area (Å²) in [7, 11) is 0. The molecule has 6 nitrogen and oxygen atoms in total. The molecule has 1 aromatic rings. The summed E-state index contributed by atoms with van der Waals surface area (Å²) >= 11 is 7.89. The Hall–Kier alpha value is -1.22. The first-order chi connectivity index (χ1) is 10.3. The van der Waals surface area contributed by atoms with Gasteiger partial charge in [0.25, 0.3) is 0 Å². The summed E-state index contributed by atoms with van der Waals surface area (Å²) in [4.78, 5) is 22.7. The van der Waals surface area contributed by atoms with Gasteiger partial charge in [-0.25, -0.2) is 9.59 Å². The molecule has 0 fully saturated rings. The van der Waals surface area contributed by atoms with E-state index in [1.807, 2.05) is 0 Å². The van der Waals surface area contributed by atoms with Gasteiger partial charge >= 0.3 is 11.9 Å². The number of thiol groups is 2. The molecule has 122 valence electrons. The summed E-state index contributed by atoms with van der Waals surface area (Å²) in [5.41, 5.74) is 0.226. The second kappa shape index (κ2) is 8.42. The van der Waals surface area contributed by atoms with Crippen molar-refractivity contribution >= 4 is 37.2 Å². The predicted octanol–water partition coefficient (Wildman–Crippen LogP) is 0.749. The van der Waals surface area contributed by atoms with Crippen LogP contribution in [0.15, 0.2) is 12.1 Å². The molecule has 1 rings (SSSR count). The number of hydrogen-bond donors (Lipinski definition) is 6. The van der Waals surface area contributed by atoms with Crippen LogP contribution in [-0.2, 0) is 12.8 Å². The van der Waals surface area contributed by atoms with Gasteiger partial charge in [0.15, 0.2) is 0 Å². The van der Waals surface area contributed by atoms with Gasteiger partial charge in [0.05, 0.1) is 23.3 Å². The highest BCUT2D eigenvalue weighted by molar-refractivity contribution is 7.80. The predicted molar refractivity (Wildman–Crippen MR) is 87.5 cm³/mol. The quantitative estimate of drug-likeness (QED) is 0.387. The maximum Gasteiger partial charge on any atom is 0.335 e. The number of benzene rings is 1. The number of rotatable bonds is 8. The lowest BCUT2D eigenvalue weighted by Gasteiger charge is -2.19. The smallest absolute Gasteiger partial charge is 0.335 e. The zero-order valence-corrected chi connectivity index (χ0v) is 13.4. The van der Waals surface area contributed by atoms with Crippen molar-refractivity contribution in [3.63, 3.8) is 0 Å². The highest BCUT2D eigenvalue weighted by atomic mass is 32.1. The number of aromatic carboxylic acids is 2. The molecule has 2 atom stereocenters. The Kier molecular flexibility index (Phi) is 7.21. The summed E-state index contributed by atoms with van der Waals surface area (Å²) in [6.07, 6.45) is -1.95. The van der Waals surface area contributed by atoms with Gasteiger partial charge in [-0.15, -0.1) is 0 Å². The Bertz CT molecular complexity index is 512. The van der Waals surface area contributed by atoms with E-state index in [0.717, 1.165) is 0 Å². The van der Waals surface area contributed by atoms with Crippen LogP contribution in [0.1, 0.15) is 31.8 Å². The van der Waals surface area contributed by atoms with Crippen molar-refractivity contribution in [2.45, 2.75) is 25.0 Å². The van der Waals surface area contributed by atoms with Gasteiger partial charge in [0.2, 0.25) is 0 Å². The maximum atomic E-state index is 11.4. The van der Waals surface area contributed by atoms with Crippen molar-refractivity contribution in [2.24, 2.45) is 0 Å². The molecule has 2 unspecified atom stereocenters. The number of hydrogen-bond acceptors (Lipinski definition) is 6. The molecule has 4 N–H and O–H groups in total. The third-order valence-electron chi connectivity index (χ3n) is 3.19. The second-order valence-corrected chi connectivity index (χ2v) is 5.54. The van der Waals surface area contributed by atoms with Gasteiger partial charge in [-0.1, -0.05) is 0 Å². The summed E-state index contributed by atoms with van der Waals surface area (Å²) in [5.74, 6) is -2.24. The molecule has 0 aliphatic heterocycles. The van der Waals surface area contributed by atoms with Crippen LogP contribution in [0.3, 0.4) is 0 Å². The molecule has 0 amide bonds. The lowest BCUT2D eigenvalue weighted by Crippen LogP contribution is -2.22. The maximum absolute atomic E-state index is 11.4. The highest BCUT2D eigenvalue weighted by Gasteiger charge is 2.23. The minimum atomic E-state index is -1.22. The molecule has 8 heteroatoms. The van der Waals surface area contributed by atoms with Gasteiger partial charge in [0, 0.05) is 24.3 Å². The van der Waals surface area contributed by atoms with Gasteiger partial charge in [-0.3, -0.25) is 0 Å². The Morgan fingerprint density at radius 1 is 0.864 bits per heavy atom. The molecule has 0 radical (unpaired) electrons. The molecule has 1 aromatic carbocycles. The van der Waals surface area contributed by atoms with Crippen molar-refractivity contribution in [1.29, 1.82) is 0 Å². The van der Waals surface area contributed by atoms with Crippen LogP contribution < -0.4 is 0 Å². The zero-order valence-electron chi connectivity index (χ0n) is 11.6. The Morgan fingerprint density at radius 2 is 1.18 bits per heavy atom. The molecular weight excluding hydrogens is 328 g/mol. The molecule has 0 aliphatic carbocycles. The highest BCUT2D eigenvalue weighted by Crippen LogP contribution is 2.24. The van der Waals surface area contributed by atoms with Crippen molar-refractivity contribution in [3.05, 3.63) is 34.4 Å². The van der Waals surface area contributed by atoms with Gasteiger partial charge < -0.3 is 20.4 Å². The van der Waals surface area contributed by atoms with Gasteiger partial charge in [-0.05, 0) is 23.3 Å². The number of carboxylic acids is 2. The molecule has 0 bridgehead atoms. The van der Waals surface area contributed by atoms with E-state index in [-0.39, 0.29) is 46.6 Å². The first-order valence-electron chi connectivity index (χ1n) is 6.51. The molecule has 22 heavy (non-hydrogen) atoms. The average molecular weight is 346 g/mol. The van der Waals surface area contributed by atoms with Gasteiger partial charge in [-0.2, -0.15) is 25.3 Å². The van der Waals surface area contributed by atoms with E-state index in [9.17, 15) is 30.0 Å². The van der Waals surface area contributed by atoms with Crippen LogP contribution in [0.4, 0.5) is 0 Å². The molecule has 0 aromatic heterocycles. The molecular formula is C14H18O6S2. The van der Waals surface area contributed by atoms with Crippen LogP contribution in [0.5, 0.6) is 0 Å². The van der Waals surface area contributed by atoms with E-state index in [4.69, 9.17) is 0 Å². The van der Waals surface area contributed by atoms with Crippen LogP contribution in [-0.4, -0.2) is 56.1 Å². The first kappa shape index (κ1) is 18.8. The second-order valence-electron chi connectivity index (χ2n) is 4.81. The van der Waals surface area contributed by atoms with Crippen molar-refractivity contribution in [2.75, 3.05) is 11.5 Å². The number of carbonyl (C=O) groups is 2. The Morgan fingerprint density at radius 3 is 1.41 bits per heavy atom. The average Bonchev–Trinajstić information content (AvgIpc) is 2.47. The van der Waals surface area contributed by atoms with E-state index in [2.05, 4.69) is 25.3 Å². The molecule has 0 aliphatic rings. The van der Waals surface area contributed by atoms with Crippen LogP contribution in [0, 0.1) is 0 Å². The Balaban J connectivity index is 3.50. The van der Waals surface area contributed by atoms with Crippen LogP contribution >= 0.6 is 25.3 Å². The number of aliphatic hydroxyl groups is 2. The van der Waals surface area contributed by atoms with E-state index in [0.29, 0.717) is 0 Å². The third-order valence-corrected chi connectivity index (χ3v) is 4.04. The zero-order chi connectivity index (χ0) is 16.9. The monoisotopic (exact) mass is 346 g/mol. The molecule has 0 saturated carbocycles. The fraction of sp³-hybridized carbons (Fsp3) is 0.429. The standard InChI is InChI=1S/C14H18O6S2/c15-7(5-21)3-11-9(13(17)18)1-2-10(14(19)20)12(11)4-8(16)6-22/h1-2,7-8,15-16,21-22H,3-6H2,(H,17,18)(H,19,20). The summed E-state index contributed by atoms with van der Waals surface area (Å²) < 4.78 is 0. The minimum absolute atomic E-state index is 0.0547. The van der Waals surface area contributed by atoms with E-state index in [1.54, 1.807) is 0 Å². The molecule has 0 heterocycles. The SMILES string of the molecule is O=C(O)c1ccc(C(=O)O)c(CC(O)CS)c1CC(O)CS. The van der Waals surface area contributed by atoms with E-state index in [1.165, 1.54) is 12.1 Å². The fourth-order valence-corrected chi connectivity index (χ4v) is 2.42. The van der Waals surface area contributed by atoms with E-state index < -0.39 is 24.1 Å². The number of aliphatic hydroxyl groups excluding tert-OH is 2. The molecule has 0 saturated heterocycles. The summed E-state index contributed by atoms with van der Waals surface area (Å²) in [6, 6.07) is 2.39. The first-order valence-corrected chi connectivity index (χ1v) is 7.77. The van der Waals surface area contributed by atoms with Crippen LogP contribution in [0.2, 0.25) is 0 Å². The fourth-order valence-electron chi connectivity index (χ4n) is 2.16. The minimum Gasteiger partial charge on any atom is -0.478 e. The van der Waals surface area contributed by atoms with E-state index >= 15 is 0 Å². The Labute approximate surface area is 138 Å². The largest absolute Gasteiger partial charge is 0.478 e. The summed E-state index contributed by atoms with van der Waals surface area (Å²) in [6.45, 7) is 0. The van der Waals surface area contributed by atoms with Crippen molar-refractivity contribution in [3.8, 4) is 0 Å². The number of carboxylic acid groups (broad SMARTS) is 2. The normalized spacial score (nSPS) is 13.6. The summed E-state index contributed by atoms with van der Waals surface area (Å²) in [5, 5.41) is 38.1. The van der Waals surface area contributed by atoms with Crippen molar-refractivity contribution in [1.82, 2.24) is 0 Å². The lowest BCUT2D eigenvalue weighted by atomic mass is 9.89. The third kappa shape index (κ3) is 4.64. The van der Waals surface area contributed by atoms with Crippen molar-refractivity contribution < 1.29 is 30.0 Å². The van der Waals surface area contributed by atoms with Gasteiger partial charge in [0.1, 0.15) is 0 Å². The van der Waals surface area contributed by atoms with Crippen LogP contribution in [0.25, 0.3) is 0 Å². The topological polar surface area (TPSA) is 115 Å². The lowest BCUT2D eigenvalue weighted by molar-refractivity contribution is 0.0677. The molecule has 0 spiro atoms.